The summed E-state index contributed by atoms with van der Waals surface area (Å²) in [5.74, 6) is 0.547. The number of carbonyl (C=O) groups is 1. The van der Waals surface area contributed by atoms with Crippen LogP contribution in [0.4, 0.5) is 18.9 Å². The molecule has 0 radical (unpaired) electrons. The zero-order chi connectivity index (χ0) is 16.8. The third kappa shape index (κ3) is 5.45. The Morgan fingerprint density at radius 3 is 2.77 bits per heavy atom. The third-order valence-corrected chi connectivity index (χ3v) is 3.75. The molecule has 2 N–H and O–H groups in total. The Balaban J connectivity index is 3.03. The van der Waals surface area contributed by atoms with E-state index in [0.717, 1.165) is 12.0 Å². The topological polar surface area (TPSA) is 68.3 Å². The monoisotopic (exact) mass is 395 g/mol. The smallest absolute Gasteiger partial charge is 0.395 e. The maximum atomic E-state index is 12.2. The highest BCUT2D eigenvalue weighted by molar-refractivity contribution is 9.09. The van der Waals surface area contributed by atoms with Gasteiger partial charge < -0.3 is 5.73 Å². The van der Waals surface area contributed by atoms with Crippen LogP contribution >= 0.6 is 27.7 Å². The van der Waals surface area contributed by atoms with Crippen molar-refractivity contribution < 1.29 is 18.0 Å². The largest absolute Gasteiger partial charge is 0.430 e. The number of ketones is 1. The molecule has 0 atom stereocenters. The van der Waals surface area contributed by atoms with Crippen molar-refractivity contribution in [1.82, 2.24) is 4.98 Å². The van der Waals surface area contributed by atoms with Gasteiger partial charge in [-0.15, -0.1) is 11.8 Å². The van der Waals surface area contributed by atoms with Crippen LogP contribution < -0.4 is 5.73 Å². The number of carbonyl (C=O) groups excluding carboxylic acids is 1. The van der Waals surface area contributed by atoms with E-state index in [0.29, 0.717) is 22.4 Å². The predicted octanol–water partition coefficient (Wildman–Crippen LogP) is 3.88. The molecule has 1 heterocycles. The molecule has 0 spiro atoms. The van der Waals surface area contributed by atoms with Crippen LogP contribution in [0.25, 0.3) is 0 Å². The van der Waals surface area contributed by atoms with Crippen molar-refractivity contribution in [3.8, 4) is 0 Å². The number of hydrogen-bond acceptors (Lipinski definition) is 5. The van der Waals surface area contributed by atoms with Crippen molar-refractivity contribution >= 4 is 45.4 Å². The molecule has 0 saturated heterocycles. The van der Waals surface area contributed by atoms with Gasteiger partial charge >= 0.3 is 6.18 Å². The number of nitrogens with zero attached hydrogens (tertiary/aromatic N) is 2. The van der Waals surface area contributed by atoms with E-state index in [1.165, 1.54) is 18.0 Å². The highest BCUT2D eigenvalue weighted by Gasteiger charge is 2.30. The molecule has 0 bridgehead atoms. The molecule has 1 aromatic rings. The van der Waals surface area contributed by atoms with Gasteiger partial charge in [0, 0.05) is 11.1 Å². The number of halogens is 4. The van der Waals surface area contributed by atoms with Gasteiger partial charge in [0.1, 0.15) is 11.4 Å². The van der Waals surface area contributed by atoms with E-state index in [1.807, 2.05) is 6.92 Å². The number of thioether (sulfide) groups is 1. The number of nitrogens with two attached hydrogens (primary N) is 1. The first-order valence-electron chi connectivity index (χ1n) is 6.08. The number of Topliss-reactive ketones (excluding diaryl/α,β-unsaturated/α-hetero) is 1. The maximum absolute atomic E-state index is 12.2. The molecule has 0 saturated carbocycles. The summed E-state index contributed by atoms with van der Waals surface area (Å²) < 4.78 is 36.6. The van der Waals surface area contributed by atoms with Crippen LogP contribution in [-0.2, 0) is 0 Å². The van der Waals surface area contributed by atoms with E-state index < -0.39 is 11.9 Å². The van der Waals surface area contributed by atoms with Crippen molar-refractivity contribution in [3.63, 3.8) is 0 Å². The number of aromatic nitrogens is 1. The lowest BCUT2D eigenvalue weighted by molar-refractivity contribution is -0.0925. The van der Waals surface area contributed by atoms with E-state index in [-0.39, 0.29) is 11.1 Å². The summed E-state index contributed by atoms with van der Waals surface area (Å²) in [4.78, 5) is 20.2. The lowest BCUT2D eigenvalue weighted by Gasteiger charge is -2.06. The van der Waals surface area contributed by atoms with Gasteiger partial charge in [0.2, 0.25) is 0 Å². The van der Waals surface area contributed by atoms with Crippen LogP contribution in [0.3, 0.4) is 0 Å². The van der Waals surface area contributed by atoms with Gasteiger partial charge in [-0.1, -0.05) is 22.9 Å². The fraction of sp³-hybridized carbons (Fsp3) is 0.308. The molecule has 0 aliphatic heterocycles. The number of aliphatic imine (C=N–C) groups is 1. The number of pyridine rings is 1. The second kappa shape index (κ2) is 8.33. The number of hydrogen-bond donors (Lipinski definition) is 1. The summed E-state index contributed by atoms with van der Waals surface area (Å²) >= 11 is 4.48. The Labute approximate surface area is 138 Å². The molecule has 0 aromatic carbocycles. The Morgan fingerprint density at radius 1 is 1.55 bits per heavy atom. The second-order valence-electron chi connectivity index (χ2n) is 3.93. The average Bonchev–Trinajstić information content (AvgIpc) is 2.46. The number of alkyl halides is 4. The fourth-order valence-corrected chi connectivity index (χ4v) is 2.43. The zero-order valence-electron chi connectivity index (χ0n) is 11.5. The molecule has 1 rings (SSSR count). The Kier molecular flexibility index (Phi) is 7.08. The van der Waals surface area contributed by atoms with Crippen LogP contribution in [0, 0.1) is 0 Å². The molecule has 9 heteroatoms. The van der Waals surface area contributed by atoms with Crippen LogP contribution in [0.2, 0.25) is 0 Å². The molecular weight excluding hydrogens is 383 g/mol. The van der Waals surface area contributed by atoms with E-state index >= 15 is 0 Å². The van der Waals surface area contributed by atoms with Crippen LogP contribution in [0.15, 0.2) is 33.9 Å². The summed E-state index contributed by atoms with van der Waals surface area (Å²) in [6.45, 7) is 1.91. The molecule has 1 aromatic heterocycles. The van der Waals surface area contributed by atoms with Crippen LogP contribution in [0.5, 0.6) is 0 Å². The fourth-order valence-electron chi connectivity index (χ4n) is 1.34. The number of allylic oxidation sites excluding steroid dienone is 2. The standard InChI is InChI=1S/C13H13BrF3N3OS/c1-2-22-10-5-8(7-20-12(10)9(21)6-14)19-4-3-11(18)13(15,16)17/h3-5,7H,2,6,18H2,1H3. The molecule has 0 fully saturated rings. The summed E-state index contributed by atoms with van der Waals surface area (Å²) in [5.41, 5.74) is 4.27. The van der Waals surface area contributed by atoms with Gasteiger partial charge in [0.25, 0.3) is 0 Å². The Bertz CT molecular complexity index is 603. The van der Waals surface area contributed by atoms with Gasteiger partial charge in [-0.05, 0) is 17.9 Å². The van der Waals surface area contributed by atoms with Gasteiger partial charge in [-0.3, -0.25) is 9.79 Å². The molecule has 0 amide bonds. The van der Waals surface area contributed by atoms with E-state index in [9.17, 15) is 18.0 Å². The van der Waals surface area contributed by atoms with Gasteiger partial charge in [-0.2, -0.15) is 13.2 Å². The average molecular weight is 396 g/mol. The lowest BCUT2D eigenvalue weighted by atomic mass is 10.2. The van der Waals surface area contributed by atoms with E-state index in [1.54, 1.807) is 6.07 Å². The zero-order valence-corrected chi connectivity index (χ0v) is 13.9. The van der Waals surface area contributed by atoms with E-state index in [2.05, 4.69) is 25.9 Å². The van der Waals surface area contributed by atoms with Gasteiger partial charge in [0.15, 0.2) is 5.78 Å². The third-order valence-electron chi connectivity index (χ3n) is 2.33. The molecule has 120 valence electrons. The lowest BCUT2D eigenvalue weighted by Crippen LogP contribution is -2.19. The molecule has 0 aliphatic carbocycles. The van der Waals surface area contributed by atoms with Crippen molar-refractivity contribution in [2.24, 2.45) is 10.7 Å². The summed E-state index contributed by atoms with van der Waals surface area (Å²) in [6.07, 6.45) is -1.64. The minimum atomic E-state index is -4.58. The van der Waals surface area contributed by atoms with Crippen molar-refractivity contribution in [2.75, 3.05) is 11.1 Å². The summed E-state index contributed by atoms with van der Waals surface area (Å²) in [6, 6.07) is 1.60. The molecule has 0 unspecified atom stereocenters. The number of rotatable bonds is 6. The molecule has 4 nitrogen and oxygen atoms in total. The van der Waals surface area contributed by atoms with Gasteiger partial charge in [0.05, 0.1) is 17.2 Å². The van der Waals surface area contributed by atoms with Crippen LogP contribution in [0.1, 0.15) is 17.4 Å². The highest BCUT2D eigenvalue weighted by atomic mass is 79.9. The summed E-state index contributed by atoms with van der Waals surface area (Å²) in [5, 5.41) is 0.144. The first-order chi connectivity index (χ1) is 10.3. The second-order valence-corrected chi connectivity index (χ2v) is 5.79. The molecular formula is C13H13BrF3N3OS. The highest BCUT2D eigenvalue weighted by Crippen LogP contribution is 2.26. The summed E-state index contributed by atoms with van der Waals surface area (Å²) in [7, 11) is 0. The van der Waals surface area contributed by atoms with Crippen LogP contribution in [-0.4, -0.2) is 34.2 Å². The van der Waals surface area contributed by atoms with Gasteiger partial charge in [-0.25, -0.2) is 4.98 Å². The minimum Gasteiger partial charge on any atom is -0.395 e. The Morgan fingerprint density at radius 2 is 2.23 bits per heavy atom. The minimum absolute atomic E-state index is 0.144. The predicted molar refractivity (Wildman–Crippen MR) is 85.2 cm³/mol. The maximum Gasteiger partial charge on any atom is 0.430 e. The normalized spacial score (nSPS) is 12.9. The van der Waals surface area contributed by atoms with Crippen molar-refractivity contribution in [3.05, 3.63) is 29.7 Å². The molecule has 22 heavy (non-hydrogen) atoms. The quantitative estimate of drug-likeness (QED) is 0.343. The Hall–Kier alpha value is -1.35. The van der Waals surface area contributed by atoms with Crippen molar-refractivity contribution in [2.45, 2.75) is 18.0 Å². The SMILES string of the molecule is CCSc1cc(N=CC=C(N)C(F)(F)F)cnc1C(=O)CBr. The molecule has 0 aliphatic rings. The first-order valence-corrected chi connectivity index (χ1v) is 8.19. The first kappa shape index (κ1) is 18.7. The van der Waals surface area contributed by atoms with E-state index in [4.69, 9.17) is 5.73 Å². The van der Waals surface area contributed by atoms with Crippen molar-refractivity contribution in [1.29, 1.82) is 0 Å².